The number of halogens is 1. The highest BCUT2D eigenvalue weighted by Crippen LogP contribution is 2.42. The fourth-order valence-corrected chi connectivity index (χ4v) is 3.31. The molecule has 0 bridgehead atoms. The van der Waals surface area contributed by atoms with Gasteiger partial charge in [-0.2, -0.15) is 0 Å². The lowest BCUT2D eigenvalue weighted by Crippen LogP contribution is -2.33. The summed E-state index contributed by atoms with van der Waals surface area (Å²) in [7, 11) is 1.75. The molecule has 7 nitrogen and oxygen atoms in total. The van der Waals surface area contributed by atoms with Crippen LogP contribution in [0.3, 0.4) is 0 Å². The van der Waals surface area contributed by atoms with E-state index in [1.165, 1.54) is 0 Å². The Balaban J connectivity index is 2.01. The van der Waals surface area contributed by atoms with E-state index < -0.39 is 5.97 Å². The third kappa shape index (κ3) is 3.31. The minimum atomic E-state index is -0.428. The van der Waals surface area contributed by atoms with E-state index in [-0.39, 0.29) is 25.1 Å². The van der Waals surface area contributed by atoms with E-state index >= 15 is 0 Å². The van der Waals surface area contributed by atoms with Gasteiger partial charge >= 0.3 is 11.9 Å². The molecule has 0 radical (unpaired) electrons. The molecule has 8 heteroatoms. The van der Waals surface area contributed by atoms with Gasteiger partial charge in [0, 0.05) is 12.4 Å². The summed E-state index contributed by atoms with van der Waals surface area (Å²) >= 11 is 6.39. The first kappa shape index (κ1) is 18.4. The smallest absolute Gasteiger partial charge is 0.354 e. The second kappa shape index (κ2) is 7.45. The van der Waals surface area contributed by atoms with Gasteiger partial charge in [-0.15, -0.1) is 0 Å². The van der Waals surface area contributed by atoms with Gasteiger partial charge in [0.1, 0.15) is 11.8 Å². The summed E-state index contributed by atoms with van der Waals surface area (Å²) in [4.78, 5) is 23.9. The van der Waals surface area contributed by atoms with Crippen molar-refractivity contribution in [1.82, 2.24) is 4.57 Å². The Morgan fingerprint density at radius 3 is 2.73 bits per heavy atom. The third-order valence-electron chi connectivity index (χ3n) is 4.21. The number of fused-ring (bicyclic) bond motifs is 3. The lowest BCUT2D eigenvalue weighted by atomic mass is 10.1. The van der Waals surface area contributed by atoms with Crippen LogP contribution in [0.5, 0.6) is 5.75 Å². The van der Waals surface area contributed by atoms with Crippen molar-refractivity contribution in [2.75, 3.05) is 25.1 Å². The number of hydrogen-bond donors (Lipinski definition) is 1. The van der Waals surface area contributed by atoms with Crippen molar-refractivity contribution < 1.29 is 23.8 Å². The highest BCUT2D eigenvalue weighted by Gasteiger charge is 2.28. The van der Waals surface area contributed by atoms with Gasteiger partial charge in [0.05, 0.1) is 42.4 Å². The number of nitrogens with zero attached hydrogens (tertiary/aromatic N) is 1. The van der Waals surface area contributed by atoms with Crippen molar-refractivity contribution >= 4 is 40.1 Å². The second-order valence-corrected chi connectivity index (χ2v) is 6.34. The molecule has 1 atom stereocenters. The molecule has 26 heavy (non-hydrogen) atoms. The Kier molecular flexibility index (Phi) is 5.27. The summed E-state index contributed by atoms with van der Waals surface area (Å²) in [5.41, 5.74) is 1.78. The summed E-state index contributed by atoms with van der Waals surface area (Å²) < 4.78 is 17.9. The van der Waals surface area contributed by atoms with Gasteiger partial charge in [-0.1, -0.05) is 11.6 Å². The Hall–Kier alpha value is -2.41. The van der Waals surface area contributed by atoms with Crippen molar-refractivity contribution in [3.05, 3.63) is 22.8 Å². The molecule has 1 unspecified atom stereocenters. The number of carbonyl (C=O) groups excluding carboxylic acids is 2. The summed E-state index contributed by atoms with van der Waals surface area (Å²) in [6.45, 7) is 4.59. The zero-order valence-electron chi connectivity index (χ0n) is 14.9. The molecule has 0 amide bonds. The SMILES string of the molecule is CCOC(=O)CC1CNc2cc(Cl)c3cc(C(=O)OCC)n(C)c3c2O1. The van der Waals surface area contributed by atoms with Crippen molar-refractivity contribution in [3.8, 4) is 5.75 Å². The first-order valence-electron chi connectivity index (χ1n) is 8.51. The Morgan fingerprint density at radius 2 is 2.04 bits per heavy atom. The van der Waals surface area contributed by atoms with E-state index in [9.17, 15) is 9.59 Å². The molecule has 0 saturated carbocycles. The van der Waals surface area contributed by atoms with Gasteiger partial charge in [0.25, 0.3) is 0 Å². The average molecular weight is 381 g/mol. The molecule has 0 fully saturated rings. The number of hydrogen-bond acceptors (Lipinski definition) is 6. The molecule has 1 aliphatic rings. The van der Waals surface area contributed by atoms with Crippen LogP contribution in [0.1, 0.15) is 30.8 Å². The van der Waals surface area contributed by atoms with E-state index in [1.807, 2.05) is 0 Å². The minimum Gasteiger partial charge on any atom is -0.484 e. The largest absolute Gasteiger partial charge is 0.484 e. The van der Waals surface area contributed by atoms with Crippen molar-refractivity contribution in [2.45, 2.75) is 26.4 Å². The number of ether oxygens (including phenoxy) is 3. The van der Waals surface area contributed by atoms with Gasteiger partial charge < -0.3 is 24.1 Å². The molecule has 2 aromatic rings. The van der Waals surface area contributed by atoms with Crippen LogP contribution in [0.15, 0.2) is 12.1 Å². The summed E-state index contributed by atoms with van der Waals surface area (Å²) in [6.07, 6.45) is -0.230. The first-order valence-corrected chi connectivity index (χ1v) is 8.89. The second-order valence-electron chi connectivity index (χ2n) is 5.94. The molecule has 0 aliphatic carbocycles. The molecule has 2 heterocycles. The maximum Gasteiger partial charge on any atom is 0.354 e. The molecule has 0 saturated heterocycles. The van der Waals surface area contributed by atoms with Crippen LogP contribution in [0.25, 0.3) is 10.9 Å². The lowest BCUT2D eigenvalue weighted by molar-refractivity contribution is -0.144. The number of aromatic nitrogens is 1. The van der Waals surface area contributed by atoms with Crippen molar-refractivity contribution in [2.24, 2.45) is 7.05 Å². The van der Waals surface area contributed by atoms with Gasteiger partial charge in [-0.05, 0) is 26.0 Å². The molecule has 1 N–H and O–H groups in total. The molecular formula is C18H21ClN2O5. The lowest BCUT2D eigenvalue weighted by Gasteiger charge is -2.28. The molecule has 3 rings (SSSR count). The third-order valence-corrected chi connectivity index (χ3v) is 4.52. The van der Waals surface area contributed by atoms with Gasteiger partial charge in [-0.3, -0.25) is 4.79 Å². The molecule has 140 valence electrons. The van der Waals surface area contributed by atoms with Crippen LogP contribution in [0.4, 0.5) is 5.69 Å². The van der Waals surface area contributed by atoms with Crippen LogP contribution >= 0.6 is 11.6 Å². The zero-order valence-corrected chi connectivity index (χ0v) is 15.7. The number of aryl methyl sites for hydroxylation is 1. The van der Waals surface area contributed by atoms with E-state index in [0.717, 1.165) is 5.69 Å². The number of anilines is 1. The van der Waals surface area contributed by atoms with Crippen LogP contribution in [-0.4, -0.2) is 42.4 Å². The van der Waals surface area contributed by atoms with Crippen molar-refractivity contribution in [1.29, 1.82) is 0 Å². The monoisotopic (exact) mass is 380 g/mol. The molecule has 0 spiro atoms. The van der Waals surface area contributed by atoms with E-state index in [4.69, 9.17) is 25.8 Å². The van der Waals surface area contributed by atoms with E-state index in [1.54, 1.807) is 37.6 Å². The summed E-state index contributed by atoms with van der Waals surface area (Å²) in [6, 6.07) is 3.45. The topological polar surface area (TPSA) is 78.8 Å². The minimum absolute atomic E-state index is 0.138. The number of nitrogens with one attached hydrogen (secondary N) is 1. The molecule has 1 aromatic carbocycles. The summed E-state index contributed by atoms with van der Waals surface area (Å²) in [5, 5.41) is 4.43. The standard InChI is InChI=1S/C18H21ClN2O5/c1-4-24-15(22)6-10-9-20-13-8-12(19)11-7-14(18(23)25-5-2)21(3)16(11)17(13)26-10/h7-8,10,20H,4-6,9H2,1-3H3. The Bertz CT molecular complexity index is 861. The quantitative estimate of drug-likeness (QED) is 0.803. The predicted octanol–water partition coefficient (Wildman–Crippen LogP) is 3.13. The predicted molar refractivity (Wildman–Crippen MR) is 98.0 cm³/mol. The fraction of sp³-hybridized carbons (Fsp3) is 0.444. The number of benzene rings is 1. The van der Waals surface area contributed by atoms with Crippen LogP contribution in [0, 0.1) is 0 Å². The highest BCUT2D eigenvalue weighted by atomic mass is 35.5. The van der Waals surface area contributed by atoms with Gasteiger partial charge in [0.15, 0.2) is 5.75 Å². The fourth-order valence-electron chi connectivity index (χ4n) is 3.06. The van der Waals surface area contributed by atoms with Crippen LogP contribution < -0.4 is 10.1 Å². The van der Waals surface area contributed by atoms with Crippen LogP contribution in [-0.2, 0) is 21.3 Å². The van der Waals surface area contributed by atoms with E-state index in [0.29, 0.717) is 40.5 Å². The van der Waals surface area contributed by atoms with Gasteiger partial charge in [-0.25, -0.2) is 4.79 Å². The normalized spacial score (nSPS) is 15.8. The zero-order chi connectivity index (χ0) is 18.8. The maximum atomic E-state index is 12.2. The van der Waals surface area contributed by atoms with Crippen LogP contribution in [0.2, 0.25) is 5.02 Å². The summed E-state index contributed by atoms with van der Waals surface area (Å²) in [5.74, 6) is -0.182. The van der Waals surface area contributed by atoms with Gasteiger partial charge in [0.2, 0.25) is 0 Å². The average Bonchev–Trinajstić information content (AvgIpc) is 2.94. The van der Waals surface area contributed by atoms with E-state index in [2.05, 4.69) is 5.32 Å². The molecule has 1 aliphatic heterocycles. The number of carbonyl (C=O) groups is 2. The molecular weight excluding hydrogens is 360 g/mol. The Labute approximate surface area is 156 Å². The highest BCUT2D eigenvalue weighted by molar-refractivity contribution is 6.36. The Morgan fingerprint density at radius 1 is 1.31 bits per heavy atom. The maximum absolute atomic E-state index is 12.2. The molecule has 1 aromatic heterocycles. The number of rotatable bonds is 5. The van der Waals surface area contributed by atoms with Crippen molar-refractivity contribution in [3.63, 3.8) is 0 Å². The first-order chi connectivity index (χ1) is 12.5. The number of esters is 2.